The molecule has 1 heterocycles. The van der Waals surface area contributed by atoms with E-state index in [1.165, 1.54) is 19.6 Å². The minimum absolute atomic E-state index is 0.00481. The number of carbonyl (C=O) groups is 2. The van der Waals surface area contributed by atoms with Crippen molar-refractivity contribution in [3.8, 4) is 23.0 Å². The Balaban J connectivity index is 1.84. The van der Waals surface area contributed by atoms with E-state index < -0.39 is 12.0 Å². The highest BCUT2D eigenvalue weighted by Crippen LogP contribution is 2.44. The molecule has 3 aromatic rings. The average molecular weight is 642 g/mol. The largest absolute Gasteiger partial charge is 0.496 e. The van der Waals surface area contributed by atoms with Crippen LogP contribution in [0.25, 0.3) is 0 Å². The van der Waals surface area contributed by atoms with E-state index in [0.717, 1.165) is 42.7 Å². The van der Waals surface area contributed by atoms with Gasteiger partial charge in [-0.15, -0.1) is 0 Å². The second-order valence-corrected chi connectivity index (χ2v) is 11.0. The number of rotatable bonds is 11. The van der Waals surface area contributed by atoms with Crippen LogP contribution in [0.5, 0.6) is 23.0 Å². The zero-order chi connectivity index (χ0) is 30.4. The first-order valence-corrected chi connectivity index (χ1v) is 14.5. The molecule has 1 aliphatic rings. The number of amides is 1. The molecule has 1 atom stereocenters. The minimum atomic E-state index is -1.12. The number of piperidine rings is 1. The Morgan fingerprint density at radius 3 is 2.12 bits per heavy atom. The standard InChI is InChI=1S/C32H37BrN2O7/c1-19-10-9-11-24(35-12-7-6-8-13-35)29(19)31(30-26(41-4)16-21(39-2)17-27(30)42-5)34-28(36)15-20-14-25(40-3)22(32(37)38)18-23(20)33/h9-11,14,16-18,31H,6-8,12-13,15H2,1-5H3,(H,34,36)(H,37,38). The van der Waals surface area contributed by atoms with Gasteiger partial charge in [-0.1, -0.05) is 28.1 Å². The highest BCUT2D eigenvalue weighted by Gasteiger charge is 2.31. The van der Waals surface area contributed by atoms with Gasteiger partial charge in [0.25, 0.3) is 0 Å². The van der Waals surface area contributed by atoms with Gasteiger partial charge in [0.2, 0.25) is 5.91 Å². The predicted molar refractivity (Wildman–Crippen MR) is 165 cm³/mol. The van der Waals surface area contributed by atoms with E-state index in [0.29, 0.717) is 32.8 Å². The maximum absolute atomic E-state index is 13.9. The monoisotopic (exact) mass is 640 g/mol. The lowest BCUT2D eigenvalue weighted by Crippen LogP contribution is -2.35. The number of methoxy groups -OCH3 is 4. The highest BCUT2D eigenvalue weighted by molar-refractivity contribution is 9.10. The number of carbonyl (C=O) groups excluding carboxylic acids is 1. The first-order chi connectivity index (χ1) is 20.2. The Morgan fingerprint density at radius 1 is 0.905 bits per heavy atom. The van der Waals surface area contributed by atoms with Gasteiger partial charge in [0.05, 0.1) is 46.5 Å². The van der Waals surface area contributed by atoms with Gasteiger partial charge >= 0.3 is 5.97 Å². The Bertz CT molecular complexity index is 1430. The van der Waals surface area contributed by atoms with Crippen molar-refractivity contribution in [2.75, 3.05) is 46.4 Å². The maximum Gasteiger partial charge on any atom is 0.339 e. The number of aryl methyl sites for hydroxylation is 1. The molecule has 0 saturated carbocycles. The van der Waals surface area contributed by atoms with Crippen molar-refractivity contribution in [2.45, 2.75) is 38.6 Å². The second-order valence-electron chi connectivity index (χ2n) is 10.1. The van der Waals surface area contributed by atoms with Crippen LogP contribution in [0, 0.1) is 6.92 Å². The third-order valence-corrected chi connectivity index (χ3v) is 8.32. The summed E-state index contributed by atoms with van der Waals surface area (Å²) in [4.78, 5) is 27.9. The zero-order valence-corrected chi connectivity index (χ0v) is 26.2. The third kappa shape index (κ3) is 6.59. The number of nitrogens with one attached hydrogen (secondary N) is 1. The van der Waals surface area contributed by atoms with Crippen molar-refractivity contribution in [1.82, 2.24) is 5.32 Å². The summed E-state index contributed by atoms with van der Waals surface area (Å²) in [7, 11) is 6.13. The molecule has 0 aliphatic carbocycles. The fourth-order valence-electron chi connectivity index (χ4n) is 5.51. The molecule has 0 aromatic heterocycles. The Morgan fingerprint density at radius 2 is 1.55 bits per heavy atom. The summed E-state index contributed by atoms with van der Waals surface area (Å²) in [6.45, 7) is 3.89. The van der Waals surface area contributed by atoms with Crippen molar-refractivity contribution >= 4 is 33.5 Å². The lowest BCUT2D eigenvalue weighted by Gasteiger charge is -2.34. The lowest BCUT2D eigenvalue weighted by molar-refractivity contribution is -0.120. The van der Waals surface area contributed by atoms with Crippen molar-refractivity contribution in [3.63, 3.8) is 0 Å². The number of hydrogen-bond donors (Lipinski definition) is 2. The summed E-state index contributed by atoms with van der Waals surface area (Å²) in [5, 5.41) is 12.8. The van der Waals surface area contributed by atoms with Gasteiger partial charge in [-0.05, 0) is 55.5 Å². The first-order valence-electron chi connectivity index (χ1n) is 13.8. The summed E-state index contributed by atoms with van der Waals surface area (Å²) in [5.41, 5.74) is 4.27. The number of hydrogen-bond acceptors (Lipinski definition) is 7. The third-order valence-electron chi connectivity index (χ3n) is 7.58. The van der Waals surface area contributed by atoms with Gasteiger partial charge < -0.3 is 34.3 Å². The van der Waals surface area contributed by atoms with Crippen LogP contribution in [0.4, 0.5) is 5.69 Å². The molecule has 1 aliphatic heterocycles. The van der Waals surface area contributed by atoms with Crippen molar-refractivity contribution in [2.24, 2.45) is 0 Å². The van der Waals surface area contributed by atoms with Crippen LogP contribution in [0.3, 0.4) is 0 Å². The maximum atomic E-state index is 13.9. The summed E-state index contributed by atoms with van der Waals surface area (Å²) in [5.74, 6) is 0.365. The van der Waals surface area contributed by atoms with Crippen LogP contribution < -0.4 is 29.2 Å². The highest BCUT2D eigenvalue weighted by atomic mass is 79.9. The molecular formula is C32H37BrN2O7. The van der Waals surface area contributed by atoms with E-state index in [1.807, 2.05) is 19.1 Å². The molecule has 0 radical (unpaired) electrons. The average Bonchev–Trinajstić information content (AvgIpc) is 3.00. The number of benzene rings is 3. The number of carboxylic acid groups (broad SMARTS) is 1. The number of nitrogens with zero attached hydrogens (tertiary/aromatic N) is 1. The number of carboxylic acids is 1. The van der Waals surface area contributed by atoms with E-state index in [9.17, 15) is 14.7 Å². The Labute approximate surface area is 254 Å². The number of anilines is 1. The summed E-state index contributed by atoms with van der Waals surface area (Å²) < 4.78 is 23.0. The molecule has 3 aromatic carbocycles. The molecule has 1 fully saturated rings. The summed E-state index contributed by atoms with van der Waals surface area (Å²) in [6, 6.07) is 12.1. The summed E-state index contributed by atoms with van der Waals surface area (Å²) >= 11 is 3.44. The van der Waals surface area contributed by atoms with E-state index in [2.05, 4.69) is 32.2 Å². The van der Waals surface area contributed by atoms with Crippen LogP contribution >= 0.6 is 15.9 Å². The molecule has 10 heteroatoms. The van der Waals surface area contributed by atoms with Gasteiger partial charge in [0.1, 0.15) is 28.6 Å². The smallest absolute Gasteiger partial charge is 0.339 e. The molecule has 4 rings (SSSR count). The second kappa shape index (κ2) is 13.8. The number of ether oxygens (including phenoxy) is 4. The molecule has 1 amide bonds. The normalized spacial score (nSPS) is 13.7. The molecule has 224 valence electrons. The SMILES string of the molecule is COc1cc(OC)c(C(NC(=O)Cc2cc(OC)c(C(=O)O)cc2Br)c2c(C)cccc2N2CCCCC2)c(OC)c1. The molecule has 0 spiro atoms. The molecule has 0 bridgehead atoms. The van der Waals surface area contributed by atoms with Crippen LogP contribution in [-0.2, 0) is 11.2 Å². The van der Waals surface area contributed by atoms with Gasteiger partial charge in [-0.2, -0.15) is 0 Å². The van der Waals surface area contributed by atoms with Crippen molar-refractivity contribution < 1.29 is 33.6 Å². The minimum Gasteiger partial charge on any atom is -0.496 e. The summed E-state index contributed by atoms with van der Waals surface area (Å²) in [6.07, 6.45) is 3.36. The van der Waals surface area contributed by atoms with E-state index in [4.69, 9.17) is 18.9 Å². The van der Waals surface area contributed by atoms with Crippen LogP contribution in [0.15, 0.2) is 46.9 Å². The number of aromatic carboxylic acids is 1. The van der Waals surface area contributed by atoms with Crippen molar-refractivity contribution in [1.29, 1.82) is 0 Å². The first kappa shape index (κ1) is 31.0. The van der Waals surface area contributed by atoms with E-state index in [-0.39, 0.29) is 23.6 Å². The fourth-order valence-corrected chi connectivity index (χ4v) is 5.99. The van der Waals surface area contributed by atoms with Crippen LogP contribution in [-0.4, -0.2) is 58.5 Å². The van der Waals surface area contributed by atoms with Crippen LogP contribution in [0.2, 0.25) is 0 Å². The molecular weight excluding hydrogens is 604 g/mol. The van der Waals surface area contributed by atoms with E-state index >= 15 is 0 Å². The molecule has 1 unspecified atom stereocenters. The molecule has 42 heavy (non-hydrogen) atoms. The molecule has 1 saturated heterocycles. The van der Waals surface area contributed by atoms with Gasteiger partial charge in [-0.3, -0.25) is 4.79 Å². The Hall–Kier alpha value is -3.92. The van der Waals surface area contributed by atoms with Gasteiger partial charge in [0.15, 0.2) is 0 Å². The van der Waals surface area contributed by atoms with Crippen LogP contribution in [0.1, 0.15) is 57.9 Å². The van der Waals surface area contributed by atoms with Gasteiger partial charge in [0, 0.05) is 40.9 Å². The fraction of sp³-hybridized carbons (Fsp3) is 0.375. The van der Waals surface area contributed by atoms with E-state index in [1.54, 1.807) is 39.5 Å². The Kier molecular flexibility index (Phi) is 10.2. The molecule has 9 nitrogen and oxygen atoms in total. The zero-order valence-electron chi connectivity index (χ0n) is 24.6. The quantitative estimate of drug-likeness (QED) is 0.266. The van der Waals surface area contributed by atoms with Crippen molar-refractivity contribution in [3.05, 3.63) is 74.8 Å². The van der Waals surface area contributed by atoms with Gasteiger partial charge in [-0.25, -0.2) is 4.79 Å². The predicted octanol–water partition coefficient (Wildman–Crippen LogP) is 5.93. The molecule has 2 N–H and O–H groups in total. The number of halogens is 1. The lowest BCUT2D eigenvalue weighted by atomic mass is 9.90. The topological polar surface area (TPSA) is 107 Å².